The molecule has 180 valence electrons. The molecular formula is C26H26N4O4S. The molecule has 0 radical (unpaired) electrons. The average Bonchev–Trinajstić information content (AvgIpc) is 3.38. The van der Waals surface area contributed by atoms with Gasteiger partial charge < -0.3 is 9.30 Å². The van der Waals surface area contributed by atoms with Gasteiger partial charge in [0.2, 0.25) is 11.8 Å². The normalized spacial score (nSPS) is 19.6. The second-order valence-electron chi connectivity index (χ2n) is 8.83. The van der Waals surface area contributed by atoms with E-state index in [-0.39, 0.29) is 41.8 Å². The van der Waals surface area contributed by atoms with Crippen molar-refractivity contribution in [1.82, 2.24) is 14.8 Å². The molecule has 35 heavy (non-hydrogen) atoms. The second kappa shape index (κ2) is 10.0. The number of thioether (sulfide) groups is 1. The fourth-order valence-electron chi connectivity index (χ4n) is 4.69. The van der Waals surface area contributed by atoms with Gasteiger partial charge in [-0.05, 0) is 49.2 Å². The van der Waals surface area contributed by atoms with Crippen LogP contribution in [-0.4, -0.2) is 38.1 Å². The molecule has 1 aliphatic heterocycles. The van der Waals surface area contributed by atoms with E-state index in [4.69, 9.17) is 4.74 Å². The third-order valence-electron chi connectivity index (χ3n) is 6.66. The number of anilines is 1. The predicted octanol–water partition coefficient (Wildman–Crippen LogP) is 4.05. The van der Waals surface area contributed by atoms with Crippen molar-refractivity contribution >= 4 is 35.0 Å². The van der Waals surface area contributed by atoms with Gasteiger partial charge in [0.05, 0.1) is 23.3 Å². The van der Waals surface area contributed by atoms with Crippen LogP contribution >= 0.6 is 11.8 Å². The van der Waals surface area contributed by atoms with Crippen LogP contribution in [-0.2, 0) is 23.2 Å². The second-order valence-corrected chi connectivity index (χ2v) is 9.77. The van der Waals surface area contributed by atoms with Crippen LogP contribution in [0.5, 0.6) is 5.75 Å². The first-order valence-corrected chi connectivity index (χ1v) is 12.7. The molecule has 5 rings (SSSR count). The van der Waals surface area contributed by atoms with Gasteiger partial charge in [-0.15, -0.1) is 10.2 Å². The third kappa shape index (κ3) is 4.73. The first kappa shape index (κ1) is 23.3. The van der Waals surface area contributed by atoms with Crippen LogP contribution < -0.4 is 9.64 Å². The standard InChI is InChI=1S/C26H26N4O4S/c1-29-23(15-34-19-7-3-2-4-8-19)27-28-26(29)35-16-22(31)17-11-13-18(14-12-17)30-24(32)20-9-5-6-10-21(20)25(30)33/h2-4,7-8,11-14,20-21H,5-6,9-10,15-16H2,1H3/t20-,21-/m1/s1. The van der Waals surface area contributed by atoms with E-state index in [1.165, 1.54) is 16.7 Å². The highest BCUT2D eigenvalue weighted by molar-refractivity contribution is 7.99. The van der Waals surface area contributed by atoms with Crippen molar-refractivity contribution in [3.8, 4) is 5.75 Å². The lowest BCUT2D eigenvalue weighted by Crippen LogP contribution is -2.30. The molecule has 9 heteroatoms. The number of rotatable bonds is 8. The van der Waals surface area contributed by atoms with Crippen molar-refractivity contribution in [1.29, 1.82) is 0 Å². The van der Waals surface area contributed by atoms with E-state index in [0.29, 0.717) is 22.2 Å². The van der Waals surface area contributed by atoms with Gasteiger partial charge in [-0.1, -0.05) is 42.8 Å². The van der Waals surface area contributed by atoms with E-state index in [1.807, 2.05) is 41.9 Å². The Balaban J connectivity index is 1.19. The summed E-state index contributed by atoms with van der Waals surface area (Å²) in [4.78, 5) is 39.7. The molecule has 1 saturated heterocycles. The van der Waals surface area contributed by atoms with Crippen molar-refractivity contribution < 1.29 is 19.1 Å². The van der Waals surface area contributed by atoms with E-state index >= 15 is 0 Å². The minimum Gasteiger partial charge on any atom is -0.486 e. The van der Waals surface area contributed by atoms with Crippen molar-refractivity contribution in [2.24, 2.45) is 18.9 Å². The fraction of sp³-hybridized carbons (Fsp3) is 0.346. The van der Waals surface area contributed by atoms with Gasteiger partial charge in [0, 0.05) is 12.6 Å². The Labute approximate surface area is 207 Å². The zero-order chi connectivity index (χ0) is 24.4. The smallest absolute Gasteiger partial charge is 0.237 e. The Morgan fingerprint density at radius 2 is 1.63 bits per heavy atom. The maximum atomic E-state index is 12.8. The van der Waals surface area contributed by atoms with Crippen LogP contribution in [0.4, 0.5) is 5.69 Å². The summed E-state index contributed by atoms with van der Waals surface area (Å²) in [6, 6.07) is 16.2. The summed E-state index contributed by atoms with van der Waals surface area (Å²) in [5.74, 6) is 0.933. The summed E-state index contributed by atoms with van der Waals surface area (Å²) in [7, 11) is 1.84. The van der Waals surface area contributed by atoms with E-state index < -0.39 is 0 Å². The number of hydrogen-bond acceptors (Lipinski definition) is 7. The molecule has 2 atom stereocenters. The predicted molar refractivity (Wildman–Crippen MR) is 131 cm³/mol. The number of carbonyl (C=O) groups is 3. The Hall–Kier alpha value is -3.46. The van der Waals surface area contributed by atoms with Crippen molar-refractivity contribution in [3.05, 3.63) is 66.0 Å². The van der Waals surface area contributed by atoms with E-state index in [1.54, 1.807) is 24.3 Å². The zero-order valence-electron chi connectivity index (χ0n) is 19.4. The van der Waals surface area contributed by atoms with Gasteiger partial charge in [0.1, 0.15) is 12.4 Å². The van der Waals surface area contributed by atoms with Crippen molar-refractivity contribution in [2.75, 3.05) is 10.7 Å². The van der Waals surface area contributed by atoms with E-state index in [0.717, 1.165) is 31.4 Å². The molecule has 0 spiro atoms. The SMILES string of the molecule is Cn1c(COc2ccccc2)nnc1SCC(=O)c1ccc(N2C(=O)[C@@H]3CCCC[C@H]3C2=O)cc1. The van der Waals surface area contributed by atoms with Crippen LogP contribution in [0.2, 0.25) is 0 Å². The van der Waals surface area contributed by atoms with Crippen molar-refractivity contribution in [3.63, 3.8) is 0 Å². The van der Waals surface area contributed by atoms with Gasteiger partial charge >= 0.3 is 0 Å². The number of ether oxygens (including phenoxy) is 1. The first-order chi connectivity index (χ1) is 17.0. The van der Waals surface area contributed by atoms with Gasteiger partial charge in [-0.2, -0.15) is 0 Å². The van der Waals surface area contributed by atoms with Crippen LogP contribution in [0.15, 0.2) is 59.8 Å². The minimum atomic E-state index is -0.191. The summed E-state index contributed by atoms with van der Waals surface area (Å²) >= 11 is 1.30. The molecule has 0 N–H and O–H groups in total. The molecule has 1 aliphatic carbocycles. The molecule has 1 saturated carbocycles. The topological polar surface area (TPSA) is 94.4 Å². The van der Waals surface area contributed by atoms with Crippen LogP contribution in [0.1, 0.15) is 41.9 Å². The lowest BCUT2D eigenvalue weighted by Gasteiger charge is -2.19. The van der Waals surface area contributed by atoms with Crippen LogP contribution in [0, 0.1) is 11.8 Å². The molecule has 2 aromatic carbocycles. The van der Waals surface area contributed by atoms with Gasteiger partial charge in [0.15, 0.2) is 16.8 Å². The number of Topliss-reactive ketones (excluding diaryl/α,β-unsaturated/α-hetero) is 1. The first-order valence-electron chi connectivity index (χ1n) is 11.7. The molecule has 1 aromatic heterocycles. The molecule has 2 aliphatic rings. The number of imide groups is 1. The van der Waals surface area contributed by atoms with E-state index in [9.17, 15) is 14.4 Å². The Bertz CT molecular complexity index is 1220. The maximum absolute atomic E-state index is 12.8. The largest absolute Gasteiger partial charge is 0.486 e. The van der Waals surface area contributed by atoms with Gasteiger partial charge in [-0.3, -0.25) is 19.3 Å². The number of benzene rings is 2. The Morgan fingerprint density at radius 3 is 2.29 bits per heavy atom. The molecule has 0 unspecified atom stereocenters. The molecule has 0 bridgehead atoms. The fourth-order valence-corrected chi connectivity index (χ4v) is 5.51. The number of carbonyl (C=O) groups excluding carboxylic acids is 3. The molecule has 8 nitrogen and oxygen atoms in total. The Morgan fingerprint density at radius 1 is 0.971 bits per heavy atom. The maximum Gasteiger partial charge on any atom is 0.237 e. The van der Waals surface area contributed by atoms with Crippen molar-refractivity contribution in [2.45, 2.75) is 37.4 Å². The Kier molecular flexibility index (Phi) is 6.68. The number of hydrogen-bond donors (Lipinski definition) is 0. The number of para-hydroxylation sites is 1. The van der Waals surface area contributed by atoms with Gasteiger partial charge in [0.25, 0.3) is 0 Å². The minimum absolute atomic E-state index is 0.0700. The molecule has 2 heterocycles. The lowest BCUT2D eigenvalue weighted by molar-refractivity contribution is -0.122. The summed E-state index contributed by atoms with van der Waals surface area (Å²) in [5.41, 5.74) is 1.06. The average molecular weight is 491 g/mol. The number of fused-ring (bicyclic) bond motifs is 1. The highest BCUT2D eigenvalue weighted by atomic mass is 32.2. The number of amides is 2. The quantitative estimate of drug-likeness (QED) is 0.267. The molecular weight excluding hydrogens is 464 g/mol. The monoisotopic (exact) mass is 490 g/mol. The number of ketones is 1. The zero-order valence-corrected chi connectivity index (χ0v) is 20.2. The highest BCUT2D eigenvalue weighted by Gasteiger charge is 2.48. The third-order valence-corrected chi connectivity index (χ3v) is 7.68. The van der Waals surface area contributed by atoms with Crippen LogP contribution in [0.3, 0.4) is 0 Å². The molecule has 2 fully saturated rings. The number of aromatic nitrogens is 3. The summed E-state index contributed by atoms with van der Waals surface area (Å²) in [6.45, 7) is 0.277. The molecule has 2 amide bonds. The number of nitrogens with zero attached hydrogens (tertiary/aromatic N) is 4. The van der Waals surface area contributed by atoms with Crippen LogP contribution in [0.25, 0.3) is 0 Å². The summed E-state index contributed by atoms with van der Waals surface area (Å²) < 4.78 is 7.54. The highest BCUT2D eigenvalue weighted by Crippen LogP contribution is 2.40. The van der Waals surface area contributed by atoms with E-state index in [2.05, 4.69) is 10.2 Å². The summed E-state index contributed by atoms with van der Waals surface area (Å²) in [6.07, 6.45) is 3.54. The van der Waals surface area contributed by atoms with Gasteiger partial charge in [-0.25, -0.2) is 0 Å². The lowest BCUT2D eigenvalue weighted by atomic mass is 9.81. The molecule has 3 aromatic rings. The summed E-state index contributed by atoms with van der Waals surface area (Å²) in [5, 5.41) is 8.97.